The zero-order chi connectivity index (χ0) is 110. The van der Waals surface area contributed by atoms with Crippen LogP contribution in [-0.2, 0) is 48.9 Å². The zero-order valence-electron chi connectivity index (χ0n) is 84.9. The van der Waals surface area contributed by atoms with E-state index in [0.29, 0.717) is 76.8 Å². The number of nitrogens with zero attached hydrogens (tertiary/aromatic N) is 20. The van der Waals surface area contributed by atoms with E-state index in [4.69, 9.17) is 84.7 Å². The number of nitrogens with two attached hydrogens (primary N) is 2. The number of nitrogens with one attached hydrogen (secondary N) is 5. The Labute approximate surface area is 907 Å². The Morgan fingerprint density at radius 3 is 1.23 bits per heavy atom. The second kappa shape index (κ2) is 55.9. The molecule has 0 saturated carbocycles. The number of aromatic nitrogens is 22. The SMILES string of the molecule is CC(C)(C)c1cnc(C(=O)Cc2cc(-c3cc(Nc4ccc(-c5ccncc5)nn4)c(=O)[nH]n3)ccc2F)cn1.CC(C)(C)c1cnc(C(=O)Cc2cc(B3OC(C)(C)C(C)(C)O3)ccc2F)cn1.CN(C)c1ccc([PH+](C(C)(C)C)C(C)(C)C)cc1.Nc1ccc(-c2ccncc2)nn1.Nc1ccc(Cl)nn1.O=c1[nH]nc(Cl)cc1Br.O=c1[nH]nc(Cl)cc1Nc1ccc(-c2ccncc2)nn1.OB(O)c1ccncc1.[Cl][Pd][Cl]. The third-order valence-electron chi connectivity index (χ3n) is 21.7. The van der Waals surface area contributed by atoms with Crippen LogP contribution in [0.5, 0.6) is 0 Å². The van der Waals surface area contributed by atoms with Crippen molar-refractivity contribution in [3.63, 3.8) is 0 Å². The number of nitrogen functional groups attached to an aromatic ring is 2. The number of halogens is 8. The Morgan fingerprint density at radius 2 is 0.867 bits per heavy atom. The minimum absolute atomic E-state index is 0.106. The molecular weight excluding hydrogens is 2200 g/mol. The van der Waals surface area contributed by atoms with Crippen molar-refractivity contribution in [2.45, 2.75) is 156 Å². The number of Topliss-reactive ketones (excluding diaryl/α,β-unsaturated/α-hetero) is 2. The zero-order valence-corrected chi connectivity index (χ0v) is 92.9. The fourth-order valence-electron chi connectivity index (χ4n) is 13.7. The van der Waals surface area contributed by atoms with E-state index in [2.05, 4.69) is 223 Å². The molecule has 16 aromatic rings. The van der Waals surface area contributed by atoms with Crippen molar-refractivity contribution in [3.05, 3.63) is 347 Å². The van der Waals surface area contributed by atoms with Gasteiger partial charge in [0, 0.05) is 142 Å². The third-order valence-corrected chi connectivity index (χ3v) is 26.7. The molecule has 1 saturated heterocycles. The van der Waals surface area contributed by atoms with Crippen molar-refractivity contribution >= 4 is 160 Å². The van der Waals surface area contributed by atoms with Gasteiger partial charge in [-0.1, -0.05) is 88.5 Å². The molecule has 13 aromatic heterocycles. The van der Waals surface area contributed by atoms with Gasteiger partial charge in [-0.25, -0.2) is 34.0 Å². The summed E-state index contributed by atoms with van der Waals surface area (Å²) < 4.78 is 41.5. The summed E-state index contributed by atoms with van der Waals surface area (Å²) in [4.78, 5) is 94.9. The Bertz CT molecular complexity index is 7180. The number of aromatic amines is 3. The molecule has 0 unspecified atom stereocenters. The molecule has 0 radical (unpaired) electrons. The Morgan fingerprint density at radius 1 is 0.467 bits per heavy atom. The second-order valence-corrected chi connectivity index (χ2v) is 46.7. The van der Waals surface area contributed by atoms with E-state index >= 15 is 0 Å². The van der Waals surface area contributed by atoms with E-state index in [1.165, 1.54) is 72.9 Å². The van der Waals surface area contributed by atoms with Gasteiger partial charge in [0.1, 0.15) is 46.0 Å². The number of carbonyl (C=O) groups excluding carboxylic acids is 2. The number of hydrogen-bond donors (Lipinski definition) is 9. The van der Waals surface area contributed by atoms with E-state index in [0.717, 1.165) is 33.8 Å². The molecular formula is C102H111B2BrCl5F2N27O9PPd+. The van der Waals surface area contributed by atoms with Crippen LogP contribution in [0.15, 0.2) is 269 Å². The average Bonchev–Trinajstić information content (AvgIpc) is 1.61. The van der Waals surface area contributed by atoms with Gasteiger partial charge in [-0.3, -0.25) is 53.9 Å². The second-order valence-electron chi connectivity index (χ2n) is 38.0. The summed E-state index contributed by atoms with van der Waals surface area (Å²) in [6, 6.07) is 50.3. The van der Waals surface area contributed by atoms with Gasteiger partial charge in [-0.15, -0.1) is 40.8 Å². The Balaban J connectivity index is 0.000000201. The van der Waals surface area contributed by atoms with Gasteiger partial charge in [0.05, 0.1) is 77.8 Å². The van der Waals surface area contributed by atoms with Crippen LogP contribution in [0.1, 0.15) is 154 Å². The molecule has 150 heavy (non-hydrogen) atoms. The van der Waals surface area contributed by atoms with E-state index in [9.17, 15) is 32.8 Å². The standard InChI is InChI=1S/C29H25FN8O2.C22H28BFN2O3.C16H28NP.C13H9ClN6O.C9H8N4.C5H6BNO2.C4H2BrClN2O.C4H4ClN3.2ClH.Pd/c1-29(2,3)26-16-32-24(15-33-26)25(39)13-19-12-18(4-5-20(19)30)22-14-23(28(40)38-36-22)34-27-7-6-21(35-37-27)17-8-10-31-11-9-17;1-20(2,3)19-13-25-17(12-26-19)18(27)11-14-10-15(8-9-16(14)24)23-28-21(4,5)22(6,7)29-23;1-15(2,3)18(16(4,5)6)14-11-9-13(10-12-14)17(7)8;14-11-7-10(13(21)20-18-11)16-12-2-1-9(17-19-12)8-3-5-15-6-4-8;10-9-2-1-8(12-13-9)7-3-5-11-6-4-7;8-6(9)5-1-3-7-4-2-5;5-2-1-3(6)7-8-4(2)9;5-3-1-2-4(6)8-7-3;;;/h4-12,14-16H,13H2,1-3H3,(H,38,40)(H,34,36,37);8-10,12-13H,11H2,1-7H3;9-12H,1-8H3;1-7H,(H,20,21)(H,16,18,19);1-6H,(H2,10,13);1-4,8-9H;1H,(H,8,9);1-2H,(H2,6,8);2*1H;/q;;;;;;;;;;+2/p-1. The number of H-pyrrole nitrogens is 3. The molecule has 11 N–H and O–H groups in total. The average molecular weight is 2310 g/mol. The van der Waals surface area contributed by atoms with Gasteiger partial charge >= 0.3 is 49.2 Å². The molecule has 0 amide bonds. The molecule has 1 aliphatic rings. The van der Waals surface area contributed by atoms with Crippen LogP contribution in [0.4, 0.5) is 49.1 Å². The monoisotopic (exact) mass is 2310 g/mol. The Kier molecular flexibility index (Phi) is 44.8. The fourth-order valence-corrected chi connectivity index (χ4v) is 19.0. The van der Waals surface area contributed by atoms with Gasteiger partial charge in [0.15, 0.2) is 38.7 Å². The quantitative estimate of drug-likeness (QED) is 0.0219. The predicted molar refractivity (Wildman–Crippen MR) is 590 cm³/mol. The van der Waals surface area contributed by atoms with Crippen molar-refractivity contribution in [2.75, 3.05) is 41.1 Å². The number of pyridine rings is 4. The van der Waals surface area contributed by atoms with E-state index in [1.54, 1.807) is 122 Å². The summed E-state index contributed by atoms with van der Waals surface area (Å²) in [5.74, 6) is -0.0451. The fraction of sp³-hybridized carbons (Fsp3) is 0.255. The minimum atomic E-state index is -1.38. The normalized spacial score (nSPS) is 12.1. The first-order valence-electron chi connectivity index (χ1n) is 45.7. The Hall–Kier alpha value is -13.4. The van der Waals surface area contributed by atoms with Crippen molar-refractivity contribution in [2.24, 2.45) is 0 Å². The van der Waals surface area contributed by atoms with Crippen molar-refractivity contribution < 1.29 is 53.7 Å². The van der Waals surface area contributed by atoms with Crippen LogP contribution in [0, 0.1) is 11.6 Å². The van der Waals surface area contributed by atoms with Crippen LogP contribution in [0.2, 0.25) is 15.5 Å². The van der Waals surface area contributed by atoms with Crippen LogP contribution < -0.4 is 59.9 Å². The van der Waals surface area contributed by atoms with Gasteiger partial charge in [-0.2, -0.15) is 15.3 Å². The molecule has 1 aliphatic heterocycles. The summed E-state index contributed by atoms with van der Waals surface area (Å²) in [6.07, 6.45) is 18.9. The molecule has 784 valence electrons. The molecule has 0 bridgehead atoms. The van der Waals surface area contributed by atoms with Gasteiger partial charge in [-0.05, 0) is 265 Å². The maximum atomic E-state index is 14.7. The van der Waals surface area contributed by atoms with Crippen molar-refractivity contribution in [1.29, 1.82) is 0 Å². The summed E-state index contributed by atoms with van der Waals surface area (Å²) in [7, 11) is 11.2. The van der Waals surface area contributed by atoms with Crippen LogP contribution in [0.25, 0.3) is 45.0 Å². The number of benzene rings is 3. The molecule has 3 aromatic carbocycles. The first-order chi connectivity index (χ1) is 70.8. The van der Waals surface area contributed by atoms with Gasteiger partial charge in [0.25, 0.3) is 16.7 Å². The summed E-state index contributed by atoms with van der Waals surface area (Å²) in [6.45, 7) is 34.2. The molecule has 0 spiro atoms. The number of ketones is 2. The molecule has 14 heterocycles. The molecule has 1 fully saturated rings. The number of anilines is 7. The first kappa shape index (κ1) is 120. The first-order valence-corrected chi connectivity index (χ1v) is 53.1. The van der Waals surface area contributed by atoms with Crippen molar-refractivity contribution in [1.82, 2.24) is 111 Å². The predicted octanol–water partition coefficient (Wildman–Crippen LogP) is 17.7. The van der Waals surface area contributed by atoms with E-state index in [-0.39, 0.29) is 106 Å². The molecule has 36 nitrogen and oxygen atoms in total. The summed E-state index contributed by atoms with van der Waals surface area (Å²) in [5, 5.41) is 75.1. The number of hydrogen-bond acceptors (Lipinski definition) is 33. The molecule has 0 atom stereocenters. The van der Waals surface area contributed by atoms with Gasteiger partial charge in [0.2, 0.25) is 0 Å². The van der Waals surface area contributed by atoms with Crippen LogP contribution >= 0.6 is 77.7 Å². The third kappa shape index (κ3) is 37.6. The molecule has 0 aliphatic carbocycles. The topological polar surface area (TPSA) is 516 Å². The van der Waals surface area contributed by atoms with Gasteiger partial charge < -0.3 is 46.4 Å². The van der Waals surface area contributed by atoms with Crippen LogP contribution in [0.3, 0.4) is 0 Å². The summed E-state index contributed by atoms with van der Waals surface area (Å²) >= 11 is 19.4. The molecule has 17 rings (SSSR count). The van der Waals surface area contributed by atoms with E-state index < -0.39 is 50.6 Å². The number of carbonyl (C=O) groups is 2. The molecule has 48 heteroatoms. The number of rotatable bonds is 18. The maximum absolute atomic E-state index is 14.7. The summed E-state index contributed by atoms with van der Waals surface area (Å²) in [5.41, 5.74) is 19.2. The van der Waals surface area contributed by atoms with E-state index in [1.807, 2.05) is 112 Å². The van der Waals surface area contributed by atoms with Crippen molar-refractivity contribution in [3.8, 4) is 45.0 Å². The van der Waals surface area contributed by atoms with Crippen LogP contribution in [-0.4, -0.2) is 183 Å².